The molecule has 0 spiro atoms. The van der Waals surface area contributed by atoms with Gasteiger partial charge in [-0.3, -0.25) is 5.32 Å². The lowest BCUT2D eigenvalue weighted by Gasteiger charge is -2.19. The van der Waals surface area contributed by atoms with Gasteiger partial charge in [-0.1, -0.05) is 0 Å². The standard InChI is InChI=1S/C15H20FNO5/c1-5-20-13(18)9-21-12-7-6-10(8-11(12)16)17-14(19)22-15(2,3)4/h6-8H,5,9H2,1-4H3,(H,17,19). The van der Waals surface area contributed by atoms with E-state index in [0.29, 0.717) is 0 Å². The molecule has 0 bridgehead atoms. The van der Waals surface area contributed by atoms with Crippen LogP contribution >= 0.6 is 0 Å². The first kappa shape index (κ1) is 17.7. The van der Waals surface area contributed by atoms with Gasteiger partial charge in [-0.05, 0) is 39.8 Å². The van der Waals surface area contributed by atoms with E-state index in [2.05, 4.69) is 10.1 Å². The van der Waals surface area contributed by atoms with Gasteiger partial charge < -0.3 is 14.2 Å². The van der Waals surface area contributed by atoms with Crippen LogP contribution in [0.5, 0.6) is 5.75 Å². The predicted molar refractivity (Wildman–Crippen MR) is 78.4 cm³/mol. The molecule has 0 atom stereocenters. The smallest absolute Gasteiger partial charge is 0.412 e. The van der Waals surface area contributed by atoms with Crippen LogP contribution in [0.3, 0.4) is 0 Å². The number of benzene rings is 1. The lowest BCUT2D eigenvalue weighted by molar-refractivity contribution is -0.145. The second-order valence-corrected chi connectivity index (χ2v) is 5.37. The summed E-state index contributed by atoms with van der Waals surface area (Å²) in [5.41, 5.74) is -0.430. The summed E-state index contributed by atoms with van der Waals surface area (Å²) in [5, 5.41) is 2.40. The molecule has 1 N–H and O–H groups in total. The van der Waals surface area contributed by atoms with Gasteiger partial charge in [0.15, 0.2) is 18.2 Å². The maximum absolute atomic E-state index is 13.8. The molecule has 0 aliphatic carbocycles. The van der Waals surface area contributed by atoms with E-state index >= 15 is 0 Å². The predicted octanol–water partition coefficient (Wildman–Crippen LogP) is 3.11. The summed E-state index contributed by atoms with van der Waals surface area (Å²) in [5.74, 6) is -1.40. The molecule has 0 aliphatic heterocycles. The van der Waals surface area contributed by atoms with Crippen LogP contribution in [-0.2, 0) is 14.3 Å². The highest BCUT2D eigenvalue weighted by Gasteiger charge is 2.17. The van der Waals surface area contributed by atoms with Crippen molar-refractivity contribution in [1.82, 2.24) is 0 Å². The second kappa shape index (κ2) is 7.63. The molecule has 1 aromatic carbocycles. The topological polar surface area (TPSA) is 73.9 Å². The maximum Gasteiger partial charge on any atom is 0.412 e. The third-order valence-corrected chi connectivity index (χ3v) is 2.23. The highest BCUT2D eigenvalue weighted by molar-refractivity contribution is 5.85. The summed E-state index contributed by atoms with van der Waals surface area (Å²) in [6.45, 7) is 6.67. The number of carbonyl (C=O) groups is 2. The fourth-order valence-corrected chi connectivity index (χ4v) is 1.46. The number of ether oxygens (including phenoxy) is 3. The molecule has 1 rings (SSSR count). The summed E-state index contributed by atoms with van der Waals surface area (Å²) in [6.07, 6.45) is -0.688. The van der Waals surface area contributed by atoms with E-state index in [1.54, 1.807) is 27.7 Å². The van der Waals surface area contributed by atoms with Gasteiger partial charge in [-0.2, -0.15) is 0 Å². The number of carbonyl (C=O) groups excluding carboxylic acids is 2. The van der Waals surface area contributed by atoms with Crippen molar-refractivity contribution in [2.45, 2.75) is 33.3 Å². The van der Waals surface area contributed by atoms with Crippen molar-refractivity contribution in [3.8, 4) is 5.75 Å². The fourth-order valence-electron chi connectivity index (χ4n) is 1.46. The first-order valence-corrected chi connectivity index (χ1v) is 6.79. The van der Waals surface area contributed by atoms with Gasteiger partial charge in [0.1, 0.15) is 5.60 Å². The van der Waals surface area contributed by atoms with Crippen molar-refractivity contribution < 1.29 is 28.2 Å². The van der Waals surface area contributed by atoms with Crippen LogP contribution in [0, 0.1) is 5.82 Å². The number of nitrogens with one attached hydrogen (secondary N) is 1. The largest absolute Gasteiger partial charge is 0.479 e. The number of rotatable bonds is 5. The normalized spacial score (nSPS) is 10.8. The summed E-state index contributed by atoms with van der Waals surface area (Å²) in [4.78, 5) is 22.7. The van der Waals surface area contributed by atoms with Crippen molar-refractivity contribution >= 4 is 17.7 Å². The zero-order valence-electron chi connectivity index (χ0n) is 13.1. The molecular weight excluding hydrogens is 293 g/mol. The van der Waals surface area contributed by atoms with E-state index < -0.39 is 23.5 Å². The first-order valence-electron chi connectivity index (χ1n) is 6.79. The summed E-state index contributed by atoms with van der Waals surface area (Å²) in [6, 6.07) is 3.82. The second-order valence-electron chi connectivity index (χ2n) is 5.37. The lowest BCUT2D eigenvalue weighted by atomic mass is 10.2. The number of amides is 1. The molecule has 0 saturated carbocycles. The van der Waals surface area contributed by atoms with Crippen molar-refractivity contribution in [3.63, 3.8) is 0 Å². The van der Waals surface area contributed by atoms with E-state index in [9.17, 15) is 14.0 Å². The Hall–Kier alpha value is -2.31. The highest BCUT2D eigenvalue weighted by Crippen LogP contribution is 2.21. The quantitative estimate of drug-likeness (QED) is 0.845. The number of esters is 1. The molecular formula is C15H20FNO5. The number of anilines is 1. The van der Waals surface area contributed by atoms with Crippen molar-refractivity contribution in [2.24, 2.45) is 0 Å². The Morgan fingerprint density at radius 1 is 1.27 bits per heavy atom. The summed E-state index contributed by atoms with van der Waals surface area (Å²) >= 11 is 0. The van der Waals surface area contributed by atoms with E-state index in [1.165, 1.54) is 12.1 Å². The Morgan fingerprint density at radius 3 is 2.50 bits per heavy atom. The molecule has 22 heavy (non-hydrogen) atoms. The molecule has 0 unspecified atom stereocenters. The SMILES string of the molecule is CCOC(=O)COc1ccc(NC(=O)OC(C)(C)C)cc1F. The van der Waals surface area contributed by atoms with Crippen LogP contribution in [-0.4, -0.2) is 30.9 Å². The average molecular weight is 313 g/mol. The van der Waals surface area contributed by atoms with E-state index in [0.717, 1.165) is 6.07 Å². The monoisotopic (exact) mass is 313 g/mol. The van der Waals surface area contributed by atoms with E-state index in [1.807, 2.05) is 0 Å². The molecule has 0 saturated heterocycles. The van der Waals surface area contributed by atoms with Gasteiger partial charge in [0.05, 0.1) is 6.61 Å². The minimum absolute atomic E-state index is 0.109. The number of hydrogen-bond acceptors (Lipinski definition) is 5. The fraction of sp³-hybridized carbons (Fsp3) is 0.467. The highest BCUT2D eigenvalue weighted by atomic mass is 19.1. The average Bonchev–Trinajstić information content (AvgIpc) is 2.35. The van der Waals surface area contributed by atoms with E-state index in [4.69, 9.17) is 9.47 Å². The van der Waals surface area contributed by atoms with Gasteiger partial charge in [0.25, 0.3) is 0 Å². The Labute approximate surface area is 128 Å². The Morgan fingerprint density at radius 2 is 1.95 bits per heavy atom. The van der Waals surface area contributed by atoms with Crippen LogP contribution < -0.4 is 10.1 Å². The van der Waals surface area contributed by atoms with Crippen molar-refractivity contribution in [1.29, 1.82) is 0 Å². The van der Waals surface area contributed by atoms with Gasteiger partial charge >= 0.3 is 12.1 Å². The molecule has 0 aromatic heterocycles. The summed E-state index contributed by atoms with van der Waals surface area (Å²) in [7, 11) is 0. The van der Waals surface area contributed by atoms with Gasteiger partial charge in [0.2, 0.25) is 0 Å². The van der Waals surface area contributed by atoms with E-state index in [-0.39, 0.29) is 24.7 Å². The van der Waals surface area contributed by atoms with Gasteiger partial charge in [-0.25, -0.2) is 14.0 Å². The van der Waals surface area contributed by atoms with Crippen LogP contribution in [0.2, 0.25) is 0 Å². The lowest BCUT2D eigenvalue weighted by Crippen LogP contribution is -2.27. The molecule has 1 aromatic rings. The van der Waals surface area contributed by atoms with Crippen molar-refractivity contribution in [2.75, 3.05) is 18.5 Å². The molecule has 0 radical (unpaired) electrons. The third-order valence-electron chi connectivity index (χ3n) is 2.23. The minimum Gasteiger partial charge on any atom is -0.479 e. The van der Waals surface area contributed by atoms with Crippen LogP contribution in [0.1, 0.15) is 27.7 Å². The van der Waals surface area contributed by atoms with Gasteiger partial charge in [-0.15, -0.1) is 0 Å². The Bertz CT molecular complexity index is 539. The molecule has 1 amide bonds. The minimum atomic E-state index is -0.710. The molecule has 7 heteroatoms. The Kier molecular flexibility index (Phi) is 6.15. The van der Waals surface area contributed by atoms with Crippen LogP contribution in [0.25, 0.3) is 0 Å². The van der Waals surface area contributed by atoms with Crippen molar-refractivity contribution in [3.05, 3.63) is 24.0 Å². The summed E-state index contributed by atoms with van der Waals surface area (Å²) < 4.78 is 28.5. The number of hydrogen-bond donors (Lipinski definition) is 1. The first-order chi connectivity index (χ1) is 10.2. The van der Waals surface area contributed by atoms with Gasteiger partial charge in [0, 0.05) is 11.8 Å². The molecule has 0 fully saturated rings. The molecule has 6 nitrogen and oxygen atoms in total. The molecule has 0 aliphatic rings. The third kappa shape index (κ3) is 6.43. The zero-order chi connectivity index (χ0) is 16.8. The number of halogens is 1. The zero-order valence-corrected chi connectivity index (χ0v) is 13.1. The molecule has 0 heterocycles. The maximum atomic E-state index is 13.8. The van der Waals surface area contributed by atoms with Crippen LogP contribution in [0.4, 0.5) is 14.9 Å². The Balaban J connectivity index is 2.62. The van der Waals surface area contributed by atoms with Crippen LogP contribution in [0.15, 0.2) is 18.2 Å². The molecule has 122 valence electrons.